The Labute approximate surface area is 131 Å². The number of carbonyl (C=O) groups is 2. The fourth-order valence-electron chi connectivity index (χ4n) is 2.32. The van der Waals surface area contributed by atoms with Crippen LogP contribution in [-0.4, -0.2) is 45.1 Å². The molecule has 0 saturated heterocycles. The highest BCUT2D eigenvalue weighted by molar-refractivity contribution is 5.94. The van der Waals surface area contributed by atoms with E-state index in [4.69, 9.17) is 9.84 Å². The van der Waals surface area contributed by atoms with Gasteiger partial charge in [0.1, 0.15) is 6.61 Å². The van der Waals surface area contributed by atoms with Crippen LogP contribution in [-0.2, 0) is 6.54 Å². The molecule has 0 bridgehead atoms. The second-order valence-electron chi connectivity index (χ2n) is 4.94. The van der Waals surface area contributed by atoms with Gasteiger partial charge in [0.2, 0.25) is 5.88 Å². The van der Waals surface area contributed by atoms with Crippen molar-refractivity contribution in [2.75, 3.05) is 18.5 Å². The zero-order valence-corrected chi connectivity index (χ0v) is 12.1. The minimum atomic E-state index is -1.18. The van der Waals surface area contributed by atoms with E-state index in [1.54, 1.807) is 29.3 Å². The van der Waals surface area contributed by atoms with E-state index in [0.717, 1.165) is 0 Å². The summed E-state index contributed by atoms with van der Waals surface area (Å²) in [6, 6.07) is 5.01. The van der Waals surface area contributed by atoms with Crippen LogP contribution in [0.4, 0.5) is 10.5 Å². The van der Waals surface area contributed by atoms with E-state index in [-0.39, 0.29) is 12.5 Å². The predicted molar refractivity (Wildman–Crippen MR) is 80.4 cm³/mol. The monoisotopic (exact) mass is 314 g/mol. The van der Waals surface area contributed by atoms with E-state index in [0.29, 0.717) is 35.8 Å². The number of anilines is 1. The molecule has 0 atom stereocenters. The van der Waals surface area contributed by atoms with Crippen molar-refractivity contribution in [1.29, 1.82) is 0 Å². The van der Waals surface area contributed by atoms with Gasteiger partial charge in [-0.25, -0.2) is 9.78 Å². The van der Waals surface area contributed by atoms with Gasteiger partial charge >= 0.3 is 6.09 Å². The number of ether oxygens (including phenoxy) is 1. The number of carbonyl (C=O) groups excluding carboxylic acids is 1. The molecular formula is C15H14N4O4. The maximum absolute atomic E-state index is 12.5. The van der Waals surface area contributed by atoms with E-state index in [9.17, 15) is 9.59 Å². The molecule has 118 valence electrons. The molecule has 0 fully saturated rings. The van der Waals surface area contributed by atoms with Crippen molar-refractivity contribution in [1.82, 2.24) is 14.9 Å². The molecule has 8 heteroatoms. The summed E-state index contributed by atoms with van der Waals surface area (Å²) in [6.45, 7) is 1.01. The van der Waals surface area contributed by atoms with Crippen LogP contribution in [0.5, 0.6) is 5.88 Å². The van der Waals surface area contributed by atoms with Gasteiger partial charge in [0.05, 0.1) is 30.5 Å². The van der Waals surface area contributed by atoms with Crippen LogP contribution in [0.2, 0.25) is 0 Å². The average Bonchev–Trinajstić information content (AvgIpc) is 2.76. The van der Waals surface area contributed by atoms with Gasteiger partial charge in [-0.1, -0.05) is 0 Å². The number of pyridine rings is 2. The molecule has 0 radical (unpaired) electrons. The fourth-order valence-corrected chi connectivity index (χ4v) is 2.32. The molecule has 23 heavy (non-hydrogen) atoms. The lowest BCUT2D eigenvalue weighted by atomic mass is 10.2. The summed E-state index contributed by atoms with van der Waals surface area (Å²) >= 11 is 0. The van der Waals surface area contributed by atoms with Crippen LogP contribution in [0.1, 0.15) is 15.9 Å². The maximum Gasteiger partial charge on any atom is 0.409 e. The molecule has 8 nitrogen and oxygen atoms in total. The summed E-state index contributed by atoms with van der Waals surface area (Å²) in [5.41, 5.74) is 1.46. The van der Waals surface area contributed by atoms with Crippen molar-refractivity contribution in [3.05, 3.63) is 47.9 Å². The molecule has 1 aliphatic rings. The summed E-state index contributed by atoms with van der Waals surface area (Å²) in [5, 5.41) is 11.0. The van der Waals surface area contributed by atoms with E-state index in [2.05, 4.69) is 15.3 Å². The normalized spacial score (nSPS) is 13.5. The Balaban J connectivity index is 1.84. The number of hydrogen-bond donors (Lipinski definition) is 2. The quantitative estimate of drug-likeness (QED) is 0.872. The molecule has 0 aliphatic carbocycles. The van der Waals surface area contributed by atoms with Crippen LogP contribution >= 0.6 is 0 Å². The van der Waals surface area contributed by atoms with Gasteiger partial charge in [0.15, 0.2) is 0 Å². The zero-order valence-electron chi connectivity index (χ0n) is 12.1. The minimum absolute atomic E-state index is 0.161. The lowest BCUT2D eigenvalue weighted by Gasteiger charge is -2.19. The molecule has 1 aliphatic heterocycles. The minimum Gasteiger partial charge on any atom is -0.476 e. The van der Waals surface area contributed by atoms with Crippen molar-refractivity contribution in [2.45, 2.75) is 6.54 Å². The number of fused-ring (bicyclic) bond motifs is 1. The van der Waals surface area contributed by atoms with Gasteiger partial charge in [0, 0.05) is 18.0 Å². The first kappa shape index (κ1) is 14.8. The Morgan fingerprint density at radius 1 is 1.35 bits per heavy atom. The molecule has 0 spiro atoms. The number of rotatable bonds is 2. The van der Waals surface area contributed by atoms with Crippen molar-refractivity contribution in [3.8, 4) is 5.88 Å². The SMILES string of the molecule is O=C(O)Nc1cnc2c(c1)CN(C(=O)c1cccnc1)CCO2. The molecule has 3 heterocycles. The number of nitrogens with zero attached hydrogens (tertiary/aromatic N) is 3. The number of aromatic nitrogens is 2. The molecule has 0 aromatic carbocycles. The molecule has 2 aromatic rings. The third-order valence-corrected chi connectivity index (χ3v) is 3.33. The average molecular weight is 314 g/mol. The van der Waals surface area contributed by atoms with Crippen LogP contribution in [0.3, 0.4) is 0 Å². The lowest BCUT2D eigenvalue weighted by Crippen LogP contribution is -2.32. The highest BCUT2D eigenvalue weighted by atomic mass is 16.5. The molecular weight excluding hydrogens is 300 g/mol. The van der Waals surface area contributed by atoms with Crippen LogP contribution in [0.15, 0.2) is 36.8 Å². The Morgan fingerprint density at radius 2 is 2.22 bits per heavy atom. The first-order valence-corrected chi connectivity index (χ1v) is 6.94. The Bertz CT molecular complexity index is 736. The maximum atomic E-state index is 12.5. The van der Waals surface area contributed by atoms with Gasteiger partial charge in [-0.2, -0.15) is 0 Å². The van der Waals surface area contributed by atoms with Crippen LogP contribution in [0.25, 0.3) is 0 Å². The van der Waals surface area contributed by atoms with Crippen LogP contribution in [0, 0.1) is 0 Å². The number of carboxylic acid groups (broad SMARTS) is 1. The smallest absolute Gasteiger partial charge is 0.409 e. The lowest BCUT2D eigenvalue weighted by molar-refractivity contribution is 0.0732. The summed E-state index contributed by atoms with van der Waals surface area (Å²) in [6.07, 6.45) is 3.32. The van der Waals surface area contributed by atoms with Gasteiger partial charge in [0.25, 0.3) is 5.91 Å². The highest BCUT2D eigenvalue weighted by Crippen LogP contribution is 2.24. The number of nitrogens with one attached hydrogen (secondary N) is 1. The first-order valence-electron chi connectivity index (χ1n) is 6.94. The molecule has 2 amide bonds. The van der Waals surface area contributed by atoms with Gasteiger partial charge in [-0.3, -0.25) is 15.1 Å². The first-order chi connectivity index (χ1) is 11.1. The van der Waals surface area contributed by atoms with Crippen LogP contribution < -0.4 is 10.1 Å². The summed E-state index contributed by atoms with van der Waals surface area (Å²) in [7, 11) is 0. The molecule has 2 aromatic heterocycles. The molecule has 3 rings (SSSR count). The Kier molecular flexibility index (Phi) is 4.05. The van der Waals surface area contributed by atoms with E-state index in [1.165, 1.54) is 12.4 Å². The number of amides is 2. The third kappa shape index (κ3) is 3.37. The standard InChI is InChI=1S/C15H14N4O4/c20-14(10-2-1-3-16-7-10)19-4-5-23-13-11(9-19)6-12(8-17-13)18-15(21)22/h1-3,6-8,18H,4-5,9H2,(H,21,22). The molecule has 0 unspecified atom stereocenters. The summed E-state index contributed by atoms with van der Waals surface area (Å²) < 4.78 is 5.53. The third-order valence-electron chi connectivity index (χ3n) is 3.33. The van der Waals surface area contributed by atoms with E-state index >= 15 is 0 Å². The Morgan fingerprint density at radius 3 is 2.96 bits per heavy atom. The fraction of sp³-hybridized carbons (Fsp3) is 0.200. The largest absolute Gasteiger partial charge is 0.476 e. The van der Waals surface area contributed by atoms with Gasteiger partial charge in [-0.05, 0) is 18.2 Å². The summed E-state index contributed by atoms with van der Waals surface area (Å²) in [4.78, 5) is 32.9. The number of hydrogen-bond acceptors (Lipinski definition) is 5. The predicted octanol–water partition coefficient (Wildman–Crippen LogP) is 1.60. The topological polar surface area (TPSA) is 105 Å². The second-order valence-corrected chi connectivity index (χ2v) is 4.94. The van der Waals surface area contributed by atoms with Gasteiger partial charge in [-0.15, -0.1) is 0 Å². The van der Waals surface area contributed by atoms with Crippen molar-refractivity contribution < 1.29 is 19.4 Å². The van der Waals surface area contributed by atoms with Crippen molar-refractivity contribution in [3.63, 3.8) is 0 Å². The Hall–Kier alpha value is -3.16. The van der Waals surface area contributed by atoms with Gasteiger partial charge < -0.3 is 14.7 Å². The highest BCUT2D eigenvalue weighted by Gasteiger charge is 2.22. The zero-order chi connectivity index (χ0) is 16.2. The molecule has 2 N–H and O–H groups in total. The second kappa shape index (κ2) is 6.30. The molecule has 0 saturated carbocycles. The van der Waals surface area contributed by atoms with Crippen molar-refractivity contribution in [2.24, 2.45) is 0 Å². The van der Waals surface area contributed by atoms with Crippen molar-refractivity contribution >= 4 is 17.7 Å². The van der Waals surface area contributed by atoms with E-state index in [1.807, 2.05) is 0 Å². The summed E-state index contributed by atoms with van der Waals surface area (Å²) in [5.74, 6) is 0.244. The van der Waals surface area contributed by atoms with E-state index < -0.39 is 6.09 Å².